The van der Waals surface area contributed by atoms with Crippen molar-refractivity contribution in [2.45, 2.75) is 44.6 Å². The molecule has 7 heteroatoms. The number of nitrogens with zero attached hydrogens (tertiary/aromatic N) is 2. The number of nitro groups is 1. The Morgan fingerprint density at radius 3 is 2.42 bits per heavy atom. The van der Waals surface area contributed by atoms with Crippen LogP contribution in [0, 0.1) is 10.1 Å². The molecule has 0 atom stereocenters. The quantitative estimate of drug-likeness (QED) is 0.453. The smallest absolute Gasteiger partial charge is 0.310 e. The van der Waals surface area contributed by atoms with Crippen molar-refractivity contribution in [2.75, 3.05) is 13.7 Å². The first-order valence-corrected chi connectivity index (χ1v) is 8.12. The zero-order valence-corrected chi connectivity index (χ0v) is 13.8. The van der Waals surface area contributed by atoms with Gasteiger partial charge in [-0.05, 0) is 18.4 Å². The summed E-state index contributed by atoms with van der Waals surface area (Å²) < 4.78 is 5.03. The van der Waals surface area contributed by atoms with Crippen molar-refractivity contribution < 1.29 is 19.2 Å². The second-order valence-corrected chi connectivity index (χ2v) is 6.06. The maximum Gasteiger partial charge on any atom is 0.310 e. The van der Waals surface area contributed by atoms with E-state index >= 15 is 0 Å². The molecule has 1 aliphatic carbocycles. The van der Waals surface area contributed by atoms with Gasteiger partial charge < -0.3 is 9.64 Å². The van der Waals surface area contributed by atoms with Crippen molar-refractivity contribution in [3.05, 3.63) is 39.9 Å². The number of esters is 1. The minimum Gasteiger partial charge on any atom is -0.455 e. The first kappa shape index (κ1) is 17.9. The topological polar surface area (TPSA) is 89.8 Å². The largest absolute Gasteiger partial charge is 0.455 e. The van der Waals surface area contributed by atoms with Crippen LogP contribution in [0.2, 0.25) is 0 Å². The van der Waals surface area contributed by atoms with Gasteiger partial charge in [0.1, 0.15) is 0 Å². The van der Waals surface area contributed by atoms with Crippen molar-refractivity contribution in [1.82, 2.24) is 4.90 Å². The van der Waals surface area contributed by atoms with Crippen LogP contribution >= 0.6 is 0 Å². The predicted octanol–water partition coefficient (Wildman–Crippen LogP) is 2.47. The highest BCUT2D eigenvalue weighted by Gasteiger charge is 2.22. The Balaban J connectivity index is 1.77. The maximum absolute atomic E-state index is 12.1. The van der Waals surface area contributed by atoms with E-state index < -0.39 is 10.9 Å². The Hall–Kier alpha value is -2.44. The van der Waals surface area contributed by atoms with E-state index in [0.29, 0.717) is 5.56 Å². The van der Waals surface area contributed by atoms with Crippen molar-refractivity contribution >= 4 is 17.6 Å². The van der Waals surface area contributed by atoms with Crippen LogP contribution in [0.5, 0.6) is 0 Å². The summed E-state index contributed by atoms with van der Waals surface area (Å²) in [5.74, 6) is -0.715. The molecule has 24 heavy (non-hydrogen) atoms. The molecule has 1 saturated carbocycles. The molecule has 0 N–H and O–H groups in total. The molecule has 1 aromatic rings. The molecular formula is C17H22N2O5. The van der Waals surface area contributed by atoms with E-state index in [0.717, 1.165) is 25.7 Å². The lowest BCUT2D eigenvalue weighted by molar-refractivity contribution is -0.384. The van der Waals surface area contributed by atoms with Crippen LogP contribution in [0.3, 0.4) is 0 Å². The first-order chi connectivity index (χ1) is 11.5. The minimum atomic E-state index is -0.519. The molecule has 130 valence electrons. The van der Waals surface area contributed by atoms with Gasteiger partial charge in [-0.15, -0.1) is 0 Å². The van der Waals surface area contributed by atoms with Crippen molar-refractivity contribution in [3.8, 4) is 0 Å². The molecule has 7 nitrogen and oxygen atoms in total. The summed E-state index contributed by atoms with van der Waals surface area (Å²) in [6.45, 7) is -0.265. The van der Waals surface area contributed by atoms with E-state index in [-0.39, 0.29) is 30.7 Å². The van der Waals surface area contributed by atoms with Crippen LogP contribution in [0.25, 0.3) is 0 Å². The normalized spacial score (nSPS) is 14.9. The van der Waals surface area contributed by atoms with Gasteiger partial charge in [0.25, 0.3) is 11.6 Å². The van der Waals surface area contributed by atoms with E-state index in [1.165, 1.54) is 30.7 Å². The number of hydrogen-bond acceptors (Lipinski definition) is 5. The van der Waals surface area contributed by atoms with Crippen LogP contribution in [0.15, 0.2) is 24.3 Å². The summed E-state index contributed by atoms with van der Waals surface area (Å²) in [6.07, 6.45) is 5.45. The number of non-ortho nitro benzene ring substituents is 1. The van der Waals surface area contributed by atoms with Crippen LogP contribution in [0.4, 0.5) is 5.69 Å². The Kier molecular flexibility index (Phi) is 6.28. The van der Waals surface area contributed by atoms with E-state index in [1.54, 1.807) is 11.9 Å². The molecule has 0 heterocycles. The first-order valence-electron chi connectivity index (χ1n) is 8.12. The Labute approximate surface area is 140 Å². The van der Waals surface area contributed by atoms with Gasteiger partial charge in [-0.25, -0.2) is 0 Å². The molecule has 1 aliphatic rings. The van der Waals surface area contributed by atoms with E-state index in [2.05, 4.69) is 0 Å². The lowest BCUT2D eigenvalue weighted by atomic mass is 9.94. The molecule has 0 aromatic heterocycles. The second kappa shape index (κ2) is 8.42. The summed E-state index contributed by atoms with van der Waals surface area (Å²) in [6, 6.07) is 5.93. The van der Waals surface area contributed by atoms with E-state index in [1.807, 2.05) is 0 Å². The fourth-order valence-electron chi connectivity index (χ4n) is 2.87. The minimum absolute atomic E-state index is 0.0155. The molecule has 0 unspecified atom stereocenters. The average Bonchev–Trinajstić information content (AvgIpc) is 2.60. The zero-order valence-electron chi connectivity index (χ0n) is 13.8. The molecule has 0 bridgehead atoms. The molecule has 0 aliphatic heterocycles. The molecule has 1 fully saturated rings. The van der Waals surface area contributed by atoms with E-state index in [9.17, 15) is 19.7 Å². The highest BCUT2D eigenvalue weighted by Crippen LogP contribution is 2.21. The Bertz CT molecular complexity index is 594. The number of hydrogen-bond donors (Lipinski definition) is 0. The van der Waals surface area contributed by atoms with Crippen molar-refractivity contribution in [1.29, 1.82) is 0 Å². The van der Waals surface area contributed by atoms with Crippen molar-refractivity contribution in [2.24, 2.45) is 0 Å². The number of likely N-dealkylation sites (N-methyl/N-ethyl adjacent to an activating group) is 1. The number of rotatable bonds is 6. The Morgan fingerprint density at radius 2 is 1.83 bits per heavy atom. The molecular weight excluding hydrogens is 312 g/mol. The SMILES string of the molecule is CN(C(=O)COC(=O)Cc1ccc([N+](=O)[O-])cc1)C1CCCCC1. The number of nitro benzene ring substituents is 1. The zero-order chi connectivity index (χ0) is 17.5. The van der Waals surface area contributed by atoms with Crippen molar-refractivity contribution in [3.63, 3.8) is 0 Å². The van der Waals surface area contributed by atoms with Crippen LogP contribution in [0.1, 0.15) is 37.7 Å². The third kappa shape index (κ3) is 5.04. The van der Waals surface area contributed by atoms with Gasteiger partial charge in [0.05, 0.1) is 11.3 Å². The lowest BCUT2D eigenvalue weighted by Crippen LogP contribution is -2.40. The third-order valence-corrected chi connectivity index (χ3v) is 4.37. The summed E-state index contributed by atoms with van der Waals surface area (Å²) in [5.41, 5.74) is 0.579. The second-order valence-electron chi connectivity index (χ2n) is 6.06. The van der Waals surface area contributed by atoms with Gasteiger partial charge in [0.15, 0.2) is 6.61 Å². The van der Waals surface area contributed by atoms with Gasteiger partial charge in [-0.1, -0.05) is 31.4 Å². The molecule has 1 amide bonds. The van der Waals surface area contributed by atoms with E-state index in [4.69, 9.17) is 4.74 Å². The van der Waals surface area contributed by atoms with Gasteiger partial charge in [0.2, 0.25) is 0 Å². The molecule has 0 radical (unpaired) electrons. The van der Waals surface area contributed by atoms with Gasteiger partial charge in [-0.2, -0.15) is 0 Å². The Morgan fingerprint density at radius 1 is 1.21 bits per heavy atom. The van der Waals surface area contributed by atoms with Crippen LogP contribution in [-0.2, 0) is 20.7 Å². The number of benzene rings is 1. The molecule has 1 aromatic carbocycles. The third-order valence-electron chi connectivity index (χ3n) is 4.37. The van der Waals surface area contributed by atoms with Gasteiger partial charge >= 0.3 is 5.97 Å². The molecule has 2 rings (SSSR count). The summed E-state index contributed by atoms with van der Waals surface area (Å²) >= 11 is 0. The summed E-state index contributed by atoms with van der Waals surface area (Å²) in [7, 11) is 1.75. The number of ether oxygens (including phenoxy) is 1. The molecule has 0 spiro atoms. The number of amides is 1. The number of carbonyl (C=O) groups is 2. The predicted molar refractivity (Wildman–Crippen MR) is 87.4 cm³/mol. The fourth-order valence-corrected chi connectivity index (χ4v) is 2.87. The molecule has 0 saturated heterocycles. The van der Waals surface area contributed by atoms with Gasteiger partial charge in [0, 0.05) is 25.2 Å². The maximum atomic E-state index is 12.1. The number of carbonyl (C=O) groups excluding carboxylic acids is 2. The summed E-state index contributed by atoms with van der Waals surface area (Å²) in [5, 5.41) is 10.6. The average molecular weight is 334 g/mol. The fraction of sp³-hybridized carbons (Fsp3) is 0.529. The van der Waals surface area contributed by atoms with Gasteiger partial charge in [-0.3, -0.25) is 19.7 Å². The standard InChI is InChI=1S/C17H22N2O5/c1-18(14-5-3-2-4-6-14)16(20)12-24-17(21)11-13-7-9-15(10-8-13)19(22)23/h7-10,14H,2-6,11-12H2,1H3. The monoisotopic (exact) mass is 334 g/mol. The lowest BCUT2D eigenvalue weighted by Gasteiger charge is -2.31. The van der Waals surface area contributed by atoms with Crippen LogP contribution in [-0.4, -0.2) is 41.4 Å². The highest BCUT2D eigenvalue weighted by molar-refractivity contribution is 5.81. The highest BCUT2D eigenvalue weighted by atomic mass is 16.6. The van der Waals surface area contributed by atoms with Crippen LogP contribution < -0.4 is 0 Å². The summed E-state index contributed by atoms with van der Waals surface area (Å²) in [4.78, 5) is 35.7.